The van der Waals surface area contributed by atoms with E-state index >= 15 is 0 Å². The molecule has 1 N–H and O–H groups in total. The van der Waals surface area contributed by atoms with Gasteiger partial charge in [0.1, 0.15) is 12.1 Å². The molecule has 9 heteroatoms. The molecule has 32 heavy (non-hydrogen) atoms. The summed E-state index contributed by atoms with van der Waals surface area (Å²) < 4.78 is 8.58. The van der Waals surface area contributed by atoms with Gasteiger partial charge in [0.15, 0.2) is 5.82 Å². The molecule has 0 unspecified atom stereocenters. The van der Waals surface area contributed by atoms with Gasteiger partial charge in [-0.25, -0.2) is 19.6 Å². The number of thiazole rings is 1. The van der Waals surface area contributed by atoms with Crippen LogP contribution in [0.15, 0.2) is 66.4 Å². The number of anilines is 1. The number of nitrogens with zero attached hydrogens (tertiary/aromatic N) is 5. The molecule has 0 bridgehead atoms. The van der Waals surface area contributed by atoms with Crippen molar-refractivity contribution in [2.24, 2.45) is 0 Å². The summed E-state index contributed by atoms with van der Waals surface area (Å²) in [7, 11) is 0. The summed E-state index contributed by atoms with van der Waals surface area (Å²) in [5.41, 5.74) is 5.79. The Labute approximate surface area is 187 Å². The van der Waals surface area contributed by atoms with E-state index in [0.717, 1.165) is 21.6 Å². The highest BCUT2D eigenvalue weighted by molar-refractivity contribution is 7.16. The fraction of sp³-hybridized carbons (Fsp3) is 0.0870. The average molecular weight is 443 g/mol. The molecule has 0 radical (unpaired) electrons. The number of hydrogen-bond donors (Lipinski definition) is 1. The summed E-state index contributed by atoms with van der Waals surface area (Å²) >= 11 is 1.51. The number of aromatic nitrogens is 5. The summed E-state index contributed by atoms with van der Waals surface area (Å²) in [6.45, 7) is 3.89. The molecule has 5 rings (SSSR count). The normalized spacial score (nSPS) is 10.9. The molecule has 0 atom stereocenters. The smallest absolute Gasteiger partial charge is 0.255 e. The number of fused-ring (bicyclic) bond motifs is 1. The van der Waals surface area contributed by atoms with E-state index < -0.39 is 0 Å². The largest absolute Gasteiger partial charge is 0.439 e. The Hall–Kier alpha value is -4.11. The summed E-state index contributed by atoms with van der Waals surface area (Å²) in [6, 6.07) is 16.3. The molecular weight excluding hydrogens is 424 g/mol. The Morgan fingerprint density at radius 2 is 1.84 bits per heavy atom. The molecule has 3 aromatic heterocycles. The predicted molar refractivity (Wildman–Crippen MR) is 123 cm³/mol. The summed E-state index contributed by atoms with van der Waals surface area (Å²) in [5, 5.41) is 7.33. The Bertz CT molecular complexity index is 1420. The number of ether oxygens (including phenoxy) is 1. The van der Waals surface area contributed by atoms with Crippen LogP contribution in [-0.4, -0.2) is 30.6 Å². The first kappa shape index (κ1) is 19.8. The molecule has 0 aliphatic carbocycles. The highest BCUT2D eigenvalue weighted by Crippen LogP contribution is 2.24. The molecular formula is C23H18N6O2S. The number of benzene rings is 2. The maximum Gasteiger partial charge on any atom is 0.255 e. The van der Waals surface area contributed by atoms with Crippen molar-refractivity contribution in [1.29, 1.82) is 0 Å². The van der Waals surface area contributed by atoms with Crippen molar-refractivity contribution in [1.82, 2.24) is 24.7 Å². The van der Waals surface area contributed by atoms with E-state index in [1.54, 1.807) is 46.6 Å². The van der Waals surface area contributed by atoms with Crippen LogP contribution in [0.2, 0.25) is 0 Å². The van der Waals surface area contributed by atoms with Crippen LogP contribution in [0.25, 0.3) is 16.0 Å². The Balaban J connectivity index is 1.28. The second kappa shape index (κ2) is 8.20. The van der Waals surface area contributed by atoms with Gasteiger partial charge in [-0.3, -0.25) is 4.79 Å². The van der Waals surface area contributed by atoms with Crippen LogP contribution < -0.4 is 10.1 Å². The number of rotatable bonds is 5. The van der Waals surface area contributed by atoms with Gasteiger partial charge < -0.3 is 10.1 Å². The lowest BCUT2D eigenvalue weighted by molar-refractivity contribution is 0.102. The van der Waals surface area contributed by atoms with Crippen LogP contribution in [0.3, 0.4) is 0 Å². The van der Waals surface area contributed by atoms with Crippen LogP contribution in [0.1, 0.15) is 21.7 Å². The monoisotopic (exact) mass is 442 g/mol. The summed E-state index contributed by atoms with van der Waals surface area (Å²) in [4.78, 5) is 25.3. The molecule has 8 nitrogen and oxygen atoms in total. The van der Waals surface area contributed by atoms with E-state index in [4.69, 9.17) is 4.74 Å². The van der Waals surface area contributed by atoms with Gasteiger partial charge in [0.25, 0.3) is 5.91 Å². The van der Waals surface area contributed by atoms with E-state index in [1.165, 1.54) is 17.7 Å². The van der Waals surface area contributed by atoms with Crippen molar-refractivity contribution in [2.75, 3.05) is 5.32 Å². The van der Waals surface area contributed by atoms with Crippen LogP contribution in [0, 0.1) is 13.8 Å². The first-order chi connectivity index (χ1) is 15.5. The third kappa shape index (κ3) is 4.06. The van der Waals surface area contributed by atoms with Crippen LogP contribution in [0.5, 0.6) is 11.6 Å². The lowest BCUT2D eigenvalue weighted by Gasteiger charge is -2.09. The van der Waals surface area contributed by atoms with Gasteiger partial charge in [0.05, 0.1) is 21.4 Å². The predicted octanol–water partition coefficient (Wildman–Crippen LogP) is 4.93. The minimum Gasteiger partial charge on any atom is -0.439 e. The van der Waals surface area contributed by atoms with Gasteiger partial charge in [-0.1, -0.05) is 0 Å². The van der Waals surface area contributed by atoms with Gasteiger partial charge in [-0.2, -0.15) is 5.10 Å². The molecule has 0 saturated heterocycles. The lowest BCUT2D eigenvalue weighted by Crippen LogP contribution is -2.11. The molecule has 158 valence electrons. The Morgan fingerprint density at radius 1 is 1.00 bits per heavy atom. The van der Waals surface area contributed by atoms with E-state index in [2.05, 4.69) is 25.4 Å². The van der Waals surface area contributed by atoms with Crippen LogP contribution >= 0.6 is 11.3 Å². The average Bonchev–Trinajstić information content (AvgIpc) is 3.40. The van der Waals surface area contributed by atoms with Gasteiger partial charge in [-0.05, 0) is 62.4 Å². The summed E-state index contributed by atoms with van der Waals surface area (Å²) in [6.07, 6.45) is 1.44. The maximum atomic E-state index is 12.6. The van der Waals surface area contributed by atoms with Crippen molar-refractivity contribution >= 4 is 33.1 Å². The Morgan fingerprint density at radius 3 is 2.62 bits per heavy atom. The zero-order chi connectivity index (χ0) is 22.1. The molecule has 1 amide bonds. The lowest BCUT2D eigenvalue weighted by atomic mass is 10.2. The fourth-order valence-corrected chi connectivity index (χ4v) is 4.01. The van der Waals surface area contributed by atoms with E-state index in [0.29, 0.717) is 28.7 Å². The Kier molecular flexibility index (Phi) is 5.08. The number of carbonyl (C=O) groups is 1. The van der Waals surface area contributed by atoms with Crippen molar-refractivity contribution in [3.05, 3.63) is 83.4 Å². The van der Waals surface area contributed by atoms with Crippen molar-refractivity contribution in [3.8, 4) is 17.4 Å². The highest BCUT2D eigenvalue weighted by Gasteiger charge is 2.10. The quantitative estimate of drug-likeness (QED) is 0.415. The van der Waals surface area contributed by atoms with Crippen molar-refractivity contribution in [3.63, 3.8) is 0 Å². The maximum absolute atomic E-state index is 12.6. The SMILES string of the molecule is Cc1cc(C)n(-c2cc(Oc3ccc(NC(=O)c4ccc5ncsc5c4)cc3)ncn2)n1. The zero-order valence-corrected chi connectivity index (χ0v) is 18.1. The first-order valence-electron chi connectivity index (χ1n) is 9.83. The number of nitrogens with one attached hydrogen (secondary N) is 1. The van der Waals surface area contributed by atoms with Gasteiger partial charge in [0.2, 0.25) is 5.88 Å². The number of aryl methyl sites for hydroxylation is 2. The minimum atomic E-state index is -0.181. The van der Waals surface area contributed by atoms with E-state index in [9.17, 15) is 4.79 Å². The third-order valence-corrected chi connectivity index (χ3v) is 5.57. The van der Waals surface area contributed by atoms with Gasteiger partial charge >= 0.3 is 0 Å². The minimum absolute atomic E-state index is 0.181. The van der Waals surface area contributed by atoms with E-state index in [-0.39, 0.29) is 5.91 Å². The second-order valence-corrected chi connectivity index (χ2v) is 8.06. The molecule has 3 heterocycles. The van der Waals surface area contributed by atoms with Gasteiger partial charge in [0, 0.05) is 23.0 Å². The second-order valence-electron chi connectivity index (χ2n) is 7.17. The zero-order valence-electron chi connectivity index (χ0n) is 17.3. The van der Waals surface area contributed by atoms with E-state index in [1.807, 2.05) is 32.0 Å². The first-order valence-corrected chi connectivity index (χ1v) is 10.7. The molecule has 0 aliphatic rings. The summed E-state index contributed by atoms with van der Waals surface area (Å²) in [5.74, 6) is 1.44. The standard InChI is InChI=1S/C23H18N6O2S/c1-14-9-15(2)29(28-14)21-11-22(25-12-24-21)31-18-6-4-17(5-7-18)27-23(30)16-3-8-19-20(10-16)32-13-26-19/h3-13H,1-2H3,(H,27,30). The molecule has 0 aliphatic heterocycles. The fourth-order valence-electron chi connectivity index (χ4n) is 3.29. The molecule has 0 spiro atoms. The number of amides is 1. The van der Waals surface area contributed by atoms with Crippen LogP contribution in [0.4, 0.5) is 5.69 Å². The highest BCUT2D eigenvalue weighted by atomic mass is 32.1. The molecule has 2 aromatic carbocycles. The third-order valence-electron chi connectivity index (χ3n) is 4.78. The number of carbonyl (C=O) groups excluding carboxylic acids is 1. The topological polar surface area (TPSA) is 94.8 Å². The molecule has 0 saturated carbocycles. The van der Waals surface area contributed by atoms with Crippen molar-refractivity contribution < 1.29 is 9.53 Å². The molecule has 5 aromatic rings. The van der Waals surface area contributed by atoms with Crippen LogP contribution in [-0.2, 0) is 0 Å². The van der Waals surface area contributed by atoms with Crippen molar-refractivity contribution in [2.45, 2.75) is 13.8 Å². The number of hydrogen-bond acceptors (Lipinski definition) is 7. The molecule has 0 fully saturated rings. The van der Waals surface area contributed by atoms with Gasteiger partial charge in [-0.15, -0.1) is 11.3 Å².